The highest BCUT2D eigenvalue weighted by atomic mass is 32.1. The average molecular weight is 425 g/mol. The highest BCUT2D eigenvalue weighted by Crippen LogP contribution is 2.43. The fraction of sp³-hybridized carbons (Fsp3) is 0.292. The van der Waals surface area contributed by atoms with E-state index < -0.39 is 0 Å². The van der Waals surface area contributed by atoms with E-state index in [9.17, 15) is 9.18 Å². The van der Waals surface area contributed by atoms with Crippen LogP contribution in [0.4, 0.5) is 9.39 Å². The number of morpholine rings is 1. The molecule has 1 N–H and O–H groups in total. The molecule has 1 amide bonds. The topological polar surface area (TPSA) is 41.6 Å². The summed E-state index contributed by atoms with van der Waals surface area (Å²) in [4.78, 5) is 16.2. The Labute approximate surface area is 180 Å². The number of benzene rings is 2. The van der Waals surface area contributed by atoms with Crippen molar-refractivity contribution in [1.82, 2.24) is 4.90 Å². The van der Waals surface area contributed by atoms with E-state index in [2.05, 4.69) is 10.2 Å². The minimum atomic E-state index is -0.286. The summed E-state index contributed by atoms with van der Waals surface area (Å²) in [6, 6.07) is 15.8. The summed E-state index contributed by atoms with van der Waals surface area (Å²) in [7, 11) is 0. The molecule has 1 aliphatic rings. The van der Waals surface area contributed by atoms with Gasteiger partial charge in [-0.2, -0.15) is 0 Å². The van der Waals surface area contributed by atoms with Crippen LogP contribution < -0.4 is 5.32 Å². The first-order valence-corrected chi connectivity index (χ1v) is 10.9. The molecule has 0 saturated carbocycles. The summed E-state index contributed by atoms with van der Waals surface area (Å²) in [6.07, 6.45) is 0. The first-order chi connectivity index (χ1) is 14.6. The molecule has 1 aromatic heterocycles. The van der Waals surface area contributed by atoms with Gasteiger partial charge in [-0.25, -0.2) is 4.39 Å². The molecule has 0 aliphatic carbocycles. The molecular weight excluding hydrogens is 399 g/mol. The van der Waals surface area contributed by atoms with E-state index in [-0.39, 0.29) is 17.8 Å². The van der Waals surface area contributed by atoms with Crippen LogP contribution in [-0.4, -0.2) is 37.1 Å². The SMILES string of the molecule is Cc1sc(NC(=O)c2ccccc2)c([C@H](c2ccccc2F)N2CCOCC2)c1C. The van der Waals surface area contributed by atoms with Gasteiger partial charge in [-0.3, -0.25) is 9.69 Å². The predicted molar refractivity (Wildman–Crippen MR) is 119 cm³/mol. The summed E-state index contributed by atoms with van der Waals surface area (Å²) >= 11 is 1.54. The molecule has 4 rings (SSSR count). The Bertz CT molecular complexity index is 1030. The lowest BCUT2D eigenvalue weighted by Gasteiger charge is -2.35. The third kappa shape index (κ3) is 4.17. The number of carbonyl (C=O) groups excluding carboxylic acids is 1. The van der Waals surface area contributed by atoms with Crippen molar-refractivity contribution in [3.8, 4) is 0 Å². The van der Waals surface area contributed by atoms with Gasteiger partial charge in [-0.1, -0.05) is 36.4 Å². The number of rotatable bonds is 5. The number of halogens is 1. The third-order valence-electron chi connectivity index (χ3n) is 5.58. The number of anilines is 1. The molecule has 0 spiro atoms. The van der Waals surface area contributed by atoms with E-state index in [4.69, 9.17) is 4.74 Å². The van der Waals surface area contributed by atoms with Crippen LogP contribution in [0.25, 0.3) is 0 Å². The average Bonchev–Trinajstić information content (AvgIpc) is 3.04. The number of nitrogens with one attached hydrogen (secondary N) is 1. The normalized spacial score (nSPS) is 15.7. The van der Waals surface area contributed by atoms with Gasteiger partial charge in [0.25, 0.3) is 5.91 Å². The lowest BCUT2D eigenvalue weighted by Crippen LogP contribution is -2.40. The Balaban J connectivity index is 1.79. The van der Waals surface area contributed by atoms with Gasteiger partial charge >= 0.3 is 0 Å². The van der Waals surface area contributed by atoms with E-state index in [0.717, 1.165) is 21.0 Å². The molecule has 1 atom stereocenters. The van der Waals surface area contributed by atoms with E-state index in [1.807, 2.05) is 44.2 Å². The Kier molecular flexibility index (Phi) is 6.27. The van der Waals surface area contributed by atoms with Crippen LogP contribution in [0.3, 0.4) is 0 Å². The first-order valence-electron chi connectivity index (χ1n) is 10.1. The molecule has 30 heavy (non-hydrogen) atoms. The number of hydrogen-bond acceptors (Lipinski definition) is 4. The van der Waals surface area contributed by atoms with Crippen molar-refractivity contribution < 1.29 is 13.9 Å². The second-order valence-corrected chi connectivity index (χ2v) is 8.64. The third-order valence-corrected chi connectivity index (χ3v) is 6.72. The standard InChI is InChI=1S/C24H25FN2O2S/c1-16-17(2)30-24(26-23(28)18-8-4-3-5-9-18)21(16)22(27-12-14-29-15-13-27)19-10-6-7-11-20(19)25/h3-11,22H,12-15H2,1-2H3,(H,26,28)/t22-/m0/s1. The summed E-state index contributed by atoms with van der Waals surface area (Å²) < 4.78 is 20.5. The monoisotopic (exact) mass is 424 g/mol. The number of carbonyl (C=O) groups is 1. The minimum Gasteiger partial charge on any atom is -0.379 e. The maximum Gasteiger partial charge on any atom is 0.256 e. The molecule has 156 valence electrons. The van der Waals surface area contributed by atoms with Crippen LogP contribution in [0.1, 0.15) is 38.0 Å². The van der Waals surface area contributed by atoms with Crippen LogP contribution >= 0.6 is 11.3 Å². The predicted octanol–water partition coefficient (Wildman–Crippen LogP) is 5.18. The van der Waals surface area contributed by atoms with Crippen molar-refractivity contribution in [2.24, 2.45) is 0 Å². The maximum absolute atomic E-state index is 14.9. The van der Waals surface area contributed by atoms with Crippen LogP contribution in [-0.2, 0) is 4.74 Å². The maximum atomic E-state index is 14.9. The summed E-state index contributed by atoms with van der Waals surface area (Å²) in [5, 5.41) is 3.87. The zero-order valence-electron chi connectivity index (χ0n) is 17.2. The highest BCUT2D eigenvalue weighted by Gasteiger charge is 2.32. The molecule has 0 unspecified atom stereocenters. The zero-order chi connectivity index (χ0) is 21.1. The van der Waals surface area contributed by atoms with Gasteiger partial charge in [0, 0.05) is 34.7 Å². The quantitative estimate of drug-likeness (QED) is 0.614. The number of nitrogens with zero attached hydrogens (tertiary/aromatic N) is 1. The molecule has 1 aliphatic heterocycles. The van der Waals surface area contributed by atoms with E-state index in [0.29, 0.717) is 37.4 Å². The van der Waals surface area contributed by atoms with Crippen molar-refractivity contribution in [3.05, 3.63) is 87.5 Å². The fourth-order valence-electron chi connectivity index (χ4n) is 3.90. The minimum absolute atomic E-state index is 0.160. The van der Waals surface area contributed by atoms with Crippen LogP contribution in [0, 0.1) is 19.7 Å². The Morgan fingerprint density at radius 2 is 1.73 bits per heavy atom. The summed E-state index contributed by atoms with van der Waals surface area (Å²) in [5.41, 5.74) is 3.27. The molecule has 3 aromatic rings. The van der Waals surface area contributed by atoms with Crippen LogP contribution in [0.15, 0.2) is 54.6 Å². The Morgan fingerprint density at radius 1 is 1.07 bits per heavy atom. The lowest BCUT2D eigenvalue weighted by molar-refractivity contribution is 0.0234. The van der Waals surface area contributed by atoms with Crippen molar-refractivity contribution in [2.45, 2.75) is 19.9 Å². The van der Waals surface area contributed by atoms with Gasteiger partial charge in [0.15, 0.2) is 0 Å². The number of ether oxygens (including phenoxy) is 1. The Hall–Kier alpha value is -2.54. The number of hydrogen-bond donors (Lipinski definition) is 1. The number of thiophene rings is 1. The molecule has 2 heterocycles. The van der Waals surface area contributed by atoms with Gasteiger partial charge in [0.2, 0.25) is 0 Å². The summed E-state index contributed by atoms with van der Waals surface area (Å²) in [6.45, 7) is 6.73. The second-order valence-electron chi connectivity index (χ2n) is 7.42. The number of amides is 1. The summed E-state index contributed by atoms with van der Waals surface area (Å²) in [5.74, 6) is -0.398. The molecule has 4 nitrogen and oxygen atoms in total. The van der Waals surface area contributed by atoms with E-state index in [1.54, 1.807) is 29.5 Å². The molecule has 2 aromatic carbocycles. The van der Waals surface area contributed by atoms with Crippen molar-refractivity contribution in [3.63, 3.8) is 0 Å². The zero-order valence-corrected chi connectivity index (χ0v) is 18.0. The van der Waals surface area contributed by atoms with Crippen LogP contribution in [0.5, 0.6) is 0 Å². The largest absolute Gasteiger partial charge is 0.379 e. The second kappa shape index (κ2) is 9.08. The van der Waals surface area contributed by atoms with Gasteiger partial charge in [0.1, 0.15) is 10.8 Å². The van der Waals surface area contributed by atoms with E-state index in [1.165, 1.54) is 6.07 Å². The molecule has 0 radical (unpaired) electrons. The molecule has 1 saturated heterocycles. The lowest BCUT2D eigenvalue weighted by atomic mass is 9.94. The van der Waals surface area contributed by atoms with Crippen molar-refractivity contribution >= 4 is 22.2 Å². The van der Waals surface area contributed by atoms with E-state index >= 15 is 0 Å². The van der Waals surface area contributed by atoms with Gasteiger partial charge in [-0.05, 0) is 37.6 Å². The fourth-order valence-corrected chi connectivity index (χ4v) is 4.99. The van der Waals surface area contributed by atoms with Crippen molar-refractivity contribution in [1.29, 1.82) is 0 Å². The van der Waals surface area contributed by atoms with Gasteiger partial charge in [0.05, 0.1) is 19.3 Å². The number of aryl methyl sites for hydroxylation is 1. The molecular formula is C24H25FN2O2S. The molecule has 6 heteroatoms. The molecule has 1 fully saturated rings. The Morgan fingerprint density at radius 3 is 2.43 bits per heavy atom. The van der Waals surface area contributed by atoms with Gasteiger partial charge < -0.3 is 10.1 Å². The van der Waals surface area contributed by atoms with Crippen molar-refractivity contribution in [2.75, 3.05) is 31.6 Å². The van der Waals surface area contributed by atoms with Crippen LogP contribution in [0.2, 0.25) is 0 Å². The van der Waals surface area contributed by atoms with Gasteiger partial charge in [-0.15, -0.1) is 11.3 Å². The smallest absolute Gasteiger partial charge is 0.256 e. The first kappa shape index (κ1) is 20.7. The highest BCUT2D eigenvalue weighted by molar-refractivity contribution is 7.16. The molecule has 0 bridgehead atoms.